The molecule has 1 fully saturated rings. The third kappa shape index (κ3) is 2.27. The highest BCUT2D eigenvalue weighted by atomic mass is 16.5. The van der Waals surface area contributed by atoms with Crippen LogP contribution in [0.4, 0.5) is 4.79 Å². The highest BCUT2D eigenvalue weighted by Gasteiger charge is 2.13. The summed E-state index contributed by atoms with van der Waals surface area (Å²) in [6, 6.07) is 1.85. The minimum atomic E-state index is -0.653. The van der Waals surface area contributed by atoms with E-state index in [2.05, 4.69) is 20.7 Å². The molecule has 0 bridgehead atoms. The van der Waals surface area contributed by atoms with Crippen LogP contribution in [0, 0.1) is 11.3 Å². The van der Waals surface area contributed by atoms with Gasteiger partial charge in [0.2, 0.25) is 0 Å². The molecule has 0 atom stereocenters. The Hall–Kier alpha value is -1.90. The van der Waals surface area contributed by atoms with Gasteiger partial charge in [0.05, 0.1) is 7.11 Å². The number of carbonyl (C=O) groups excluding carboxylic acids is 1. The highest BCUT2D eigenvalue weighted by molar-refractivity contribution is 5.70. The molecule has 0 aromatic rings. The number of carbonyl (C=O) groups is 1. The van der Waals surface area contributed by atoms with Gasteiger partial charge in [-0.2, -0.15) is 5.26 Å². The lowest BCUT2D eigenvalue weighted by Crippen LogP contribution is -2.27. The number of nitrogens with one attached hydrogen (secondary N) is 3. The van der Waals surface area contributed by atoms with Crippen LogP contribution in [0.3, 0.4) is 0 Å². The molecule has 6 nitrogen and oxygen atoms in total. The molecule has 0 radical (unpaired) electrons. The zero-order chi connectivity index (χ0) is 9.68. The van der Waals surface area contributed by atoms with Gasteiger partial charge in [0.15, 0.2) is 5.70 Å². The Bertz CT molecular complexity index is 271. The van der Waals surface area contributed by atoms with Crippen LogP contribution in [0.5, 0.6) is 0 Å². The normalized spacial score (nSPS) is 13.7. The summed E-state index contributed by atoms with van der Waals surface area (Å²) in [5.74, 6) is 0.535. The Kier molecular flexibility index (Phi) is 2.97. The van der Waals surface area contributed by atoms with E-state index < -0.39 is 6.09 Å². The fraction of sp³-hybridized carbons (Fsp3) is 0.429. The van der Waals surface area contributed by atoms with Crippen LogP contribution in [-0.2, 0) is 4.74 Å². The van der Waals surface area contributed by atoms with E-state index in [0.717, 1.165) is 13.1 Å². The number of hydrogen-bond donors (Lipinski definition) is 3. The third-order valence-electron chi connectivity index (χ3n) is 1.50. The first kappa shape index (κ1) is 9.19. The Morgan fingerprint density at radius 3 is 2.69 bits per heavy atom. The van der Waals surface area contributed by atoms with Crippen molar-refractivity contribution < 1.29 is 9.53 Å². The molecular weight excluding hydrogens is 172 g/mol. The molecule has 13 heavy (non-hydrogen) atoms. The third-order valence-corrected chi connectivity index (χ3v) is 1.50. The van der Waals surface area contributed by atoms with Crippen LogP contribution in [0.25, 0.3) is 0 Å². The van der Waals surface area contributed by atoms with E-state index in [9.17, 15) is 4.79 Å². The van der Waals surface area contributed by atoms with E-state index in [1.54, 1.807) is 0 Å². The monoisotopic (exact) mass is 182 g/mol. The maximum absolute atomic E-state index is 10.8. The van der Waals surface area contributed by atoms with Gasteiger partial charge in [-0.3, -0.25) is 5.32 Å². The molecule has 6 heteroatoms. The van der Waals surface area contributed by atoms with Crippen LogP contribution in [0.15, 0.2) is 11.5 Å². The molecule has 1 aliphatic rings. The summed E-state index contributed by atoms with van der Waals surface area (Å²) in [5.41, 5.74) is 0.143. The predicted molar refractivity (Wildman–Crippen MR) is 44.2 cm³/mol. The molecule has 3 N–H and O–H groups in total. The van der Waals surface area contributed by atoms with Crippen molar-refractivity contribution in [3.8, 4) is 6.07 Å². The zero-order valence-corrected chi connectivity index (χ0v) is 7.18. The number of allylic oxidation sites excluding steroid dienone is 1. The summed E-state index contributed by atoms with van der Waals surface area (Å²) in [6.45, 7) is 1.48. The fourth-order valence-corrected chi connectivity index (χ4v) is 0.914. The number of nitrogens with zero attached hydrogens (tertiary/aromatic N) is 1. The Balaban J connectivity index is 2.67. The van der Waals surface area contributed by atoms with Gasteiger partial charge in [-0.15, -0.1) is 0 Å². The maximum Gasteiger partial charge on any atom is 0.411 e. The lowest BCUT2D eigenvalue weighted by atomic mass is 10.4. The first-order valence-electron chi connectivity index (χ1n) is 3.75. The first-order valence-corrected chi connectivity index (χ1v) is 3.75. The summed E-state index contributed by atoms with van der Waals surface area (Å²) < 4.78 is 4.35. The van der Waals surface area contributed by atoms with Gasteiger partial charge in [-0.25, -0.2) is 4.79 Å². The average molecular weight is 182 g/mol. The summed E-state index contributed by atoms with van der Waals surface area (Å²) >= 11 is 0. The van der Waals surface area contributed by atoms with Crippen molar-refractivity contribution in [3.05, 3.63) is 11.5 Å². The number of alkyl carbamates (subject to hydrolysis) is 1. The van der Waals surface area contributed by atoms with E-state index in [0.29, 0.717) is 5.82 Å². The van der Waals surface area contributed by atoms with Crippen LogP contribution in [-0.4, -0.2) is 26.3 Å². The summed E-state index contributed by atoms with van der Waals surface area (Å²) in [6.07, 6.45) is -0.653. The molecule has 1 rings (SSSR count). The van der Waals surface area contributed by atoms with Crippen LogP contribution in [0.2, 0.25) is 0 Å². The van der Waals surface area contributed by atoms with E-state index in [-0.39, 0.29) is 5.70 Å². The molecule has 70 valence electrons. The van der Waals surface area contributed by atoms with Gasteiger partial charge in [0, 0.05) is 13.1 Å². The number of amides is 1. The quantitative estimate of drug-likeness (QED) is 0.463. The molecule has 0 spiro atoms. The van der Waals surface area contributed by atoms with Crippen molar-refractivity contribution in [1.29, 1.82) is 5.26 Å². The zero-order valence-electron chi connectivity index (χ0n) is 7.18. The van der Waals surface area contributed by atoms with E-state index in [4.69, 9.17) is 5.26 Å². The summed E-state index contributed by atoms with van der Waals surface area (Å²) in [5, 5.41) is 16.8. The maximum atomic E-state index is 10.8. The second kappa shape index (κ2) is 4.21. The minimum Gasteiger partial charge on any atom is -0.453 e. The largest absolute Gasteiger partial charge is 0.453 e. The Morgan fingerprint density at radius 1 is 1.62 bits per heavy atom. The van der Waals surface area contributed by atoms with Gasteiger partial charge in [0.1, 0.15) is 11.9 Å². The molecule has 0 aromatic carbocycles. The lowest BCUT2D eigenvalue weighted by Gasteiger charge is -2.05. The second-order valence-electron chi connectivity index (χ2n) is 2.33. The SMILES string of the molecule is COC(=O)NC(C#N)=C1NCCN1. The van der Waals surface area contributed by atoms with Crippen molar-refractivity contribution in [3.63, 3.8) is 0 Å². The lowest BCUT2D eigenvalue weighted by molar-refractivity contribution is 0.174. The van der Waals surface area contributed by atoms with E-state index in [1.807, 2.05) is 6.07 Å². The van der Waals surface area contributed by atoms with Crippen LogP contribution >= 0.6 is 0 Å². The molecule has 0 aliphatic carbocycles. The van der Waals surface area contributed by atoms with Crippen molar-refractivity contribution in [2.45, 2.75) is 0 Å². The molecule has 1 amide bonds. The molecule has 1 saturated heterocycles. The summed E-state index contributed by atoms with van der Waals surface area (Å²) in [4.78, 5) is 10.8. The summed E-state index contributed by atoms with van der Waals surface area (Å²) in [7, 11) is 1.24. The van der Waals surface area contributed by atoms with Crippen molar-refractivity contribution in [1.82, 2.24) is 16.0 Å². The van der Waals surface area contributed by atoms with E-state index in [1.165, 1.54) is 7.11 Å². The van der Waals surface area contributed by atoms with Gasteiger partial charge >= 0.3 is 6.09 Å². The Labute approximate surface area is 75.6 Å². The average Bonchev–Trinajstić information content (AvgIpc) is 2.66. The number of ether oxygens (including phenoxy) is 1. The highest BCUT2D eigenvalue weighted by Crippen LogP contribution is 1.97. The molecule has 0 aromatic heterocycles. The predicted octanol–water partition coefficient (Wildman–Crippen LogP) is -0.772. The molecule has 0 unspecified atom stereocenters. The topological polar surface area (TPSA) is 86.2 Å². The van der Waals surface area contributed by atoms with Gasteiger partial charge in [0.25, 0.3) is 0 Å². The first-order chi connectivity index (χ1) is 6.27. The van der Waals surface area contributed by atoms with E-state index >= 15 is 0 Å². The van der Waals surface area contributed by atoms with Gasteiger partial charge in [-0.05, 0) is 0 Å². The van der Waals surface area contributed by atoms with Gasteiger partial charge < -0.3 is 15.4 Å². The minimum absolute atomic E-state index is 0.143. The van der Waals surface area contributed by atoms with Crippen molar-refractivity contribution in [2.75, 3.05) is 20.2 Å². The number of hydrogen-bond acceptors (Lipinski definition) is 5. The van der Waals surface area contributed by atoms with Crippen LogP contribution < -0.4 is 16.0 Å². The van der Waals surface area contributed by atoms with Crippen molar-refractivity contribution in [2.24, 2.45) is 0 Å². The number of rotatable bonds is 1. The van der Waals surface area contributed by atoms with Crippen molar-refractivity contribution >= 4 is 6.09 Å². The Morgan fingerprint density at radius 2 is 2.23 bits per heavy atom. The van der Waals surface area contributed by atoms with Crippen LogP contribution in [0.1, 0.15) is 0 Å². The molecule has 1 aliphatic heterocycles. The smallest absolute Gasteiger partial charge is 0.411 e. The number of nitriles is 1. The molecular formula is C7H10N4O2. The fourth-order valence-electron chi connectivity index (χ4n) is 0.914. The number of methoxy groups -OCH3 is 1. The standard InChI is InChI=1S/C7H10N4O2/c1-13-7(12)11-5(4-8)6-9-2-3-10-6/h9-10H,2-3H2,1H3,(H,11,12). The van der Waals surface area contributed by atoms with Gasteiger partial charge in [-0.1, -0.05) is 0 Å². The molecule has 0 saturated carbocycles. The molecule has 1 heterocycles. The second-order valence-corrected chi connectivity index (χ2v) is 2.33.